The van der Waals surface area contributed by atoms with Gasteiger partial charge >= 0.3 is 0 Å². The molecule has 3 aromatic rings. The van der Waals surface area contributed by atoms with Gasteiger partial charge in [0.15, 0.2) is 4.96 Å². The smallest absolute Gasteiger partial charge is 0.274 e. The van der Waals surface area contributed by atoms with Crippen LogP contribution in [0, 0.1) is 0 Å². The minimum atomic E-state index is -0.371. The molecule has 1 amide bonds. The zero-order valence-electron chi connectivity index (χ0n) is 12.7. The first kappa shape index (κ1) is 14.2. The number of hydrogen-bond acceptors (Lipinski definition) is 4. The highest BCUT2D eigenvalue weighted by Crippen LogP contribution is 2.30. The van der Waals surface area contributed by atoms with Crippen LogP contribution in [0.4, 0.5) is 0 Å². The Bertz CT molecular complexity index is 939. The van der Waals surface area contributed by atoms with Crippen molar-refractivity contribution in [2.24, 2.45) is 0 Å². The number of amides is 1. The molecule has 0 fully saturated rings. The lowest BCUT2D eigenvalue weighted by atomic mass is 10.1. The Hall–Kier alpha value is -2.41. The van der Waals surface area contributed by atoms with Crippen LogP contribution in [0.15, 0.2) is 40.8 Å². The average molecular weight is 328 g/mol. The predicted octanol–water partition coefficient (Wildman–Crippen LogP) is 2.16. The van der Waals surface area contributed by atoms with E-state index < -0.39 is 0 Å². The fourth-order valence-corrected chi connectivity index (χ4v) is 4.02. The van der Waals surface area contributed by atoms with Crippen molar-refractivity contribution in [2.75, 3.05) is 6.54 Å². The highest BCUT2D eigenvalue weighted by molar-refractivity contribution is 7.15. The van der Waals surface area contributed by atoms with E-state index in [1.165, 1.54) is 17.4 Å². The third kappa shape index (κ3) is 2.19. The molecule has 0 aromatic carbocycles. The van der Waals surface area contributed by atoms with Crippen LogP contribution in [-0.2, 0) is 6.54 Å². The van der Waals surface area contributed by atoms with Crippen LogP contribution < -0.4 is 5.56 Å². The van der Waals surface area contributed by atoms with Gasteiger partial charge in [-0.25, -0.2) is 0 Å². The molecule has 118 valence electrons. The van der Waals surface area contributed by atoms with Gasteiger partial charge in [0.25, 0.3) is 11.5 Å². The molecule has 0 N–H and O–H groups in total. The lowest BCUT2D eigenvalue weighted by Gasteiger charge is -2.36. The molecule has 1 atom stereocenters. The first-order chi connectivity index (χ1) is 11.2. The SMILES string of the molecule is CC[C@@H]1c2cccn2CCN1C(=O)c1cc(=O)nc2sccn12. The van der Waals surface area contributed by atoms with Gasteiger partial charge in [-0.3, -0.25) is 14.0 Å². The number of aromatic nitrogens is 3. The summed E-state index contributed by atoms with van der Waals surface area (Å²) in [6, 6.07) is 5.44. The molecule has 4 heterocycles. The fourth-order valence-electron chi connectivity index (χ4n) is 3.30. The molecule has 0 spiro atoms. The van der Waals surface area contributed by atoms with E-state index in [0.717, 1.165) is 18.7 Å². The minimum absolute atomic E-state index is 0.0313. The summed E-state index contributed by atoms with van der Waals surface area (Å²) < 4.78 is 3.89. The van der Waals surface area contributed by atoms with Crippen molar-refractivity contribution < 1.29 is 4.79 Å². The third-order valence-electron chi connectivity index (χ3n) is 4.35. The van der Waals surface area contributed by atoms with E-state index in [1.54, 1.807) is 10.6 Å². The van der Waals surface area contributed by atoms with Gasteiger partial charge in [-0.15, -0.1) is 11.3 Å². The van der Waals surface area contributed by atoms with Crippen LogP contribution >= 0.6 is 11.3 Å². The average Bonchev–Trinajstić information content (AvgIpc) is 3.20. The molecule has 0 radical (unpaired) electrons. The van der Waals surface area contributed by atoms with Gasteiger partial charge in [0.05, 0.1) is 6.04 Å². The monoisotopic (exact) mass is 328 g/mol. The summed E-state index contributed by atoms with van der Waals surface area (Å²) in [5.74, 6) is -0.114. The van der Waals surface area contributed by atoms with Crippen molar-refractivity contribution in [3.8, 4) is 0 Å². The Morgan fingerprint density at radius 2 is 2.26 bits per heavy atom. The number of rotatable bonds is 2. The van der Waals surface area contributed by atoms with E-state index in [9.17, 15) is 9.59 Å². The van der Waals surface area contributed by atoms with Crippen molar-refractivity contribution in [3.05, 3.63) is 57.7 Å². The molecule has 0 saturated heterocycles. The molecule has 6 nitrogen and oxygen atoms in total. The lowest BCUT2D eigenvalue weighted by molar-refractivity contribution is 0.0610. The largest absolute Gasteiger partial charge is 0.348 e. The quantitative estimate of drug-likeness (QED) is 0.724. The first-order valence-electron chi connectivity index (χ1n) is 7.62. The summed E-state index contributed by atoms with van der Waals surface area (Å²) in [7, 11) is 0. The van der Waals surface area contributed by atoms with Gasteiger partial charge in [0.2, 0.25) is 0 Å². The van der Waals surface area contributed by atoms with Crippen LogP contribution in [0.5, 0.6) is 0 Å². The molecule has 0 aliphatic carbocycles. The molecule has 7 heteroatoms. The summed E-state index contributed by atoms with van der Waals surface area (Å²) in [5.41, 5.74) is 1.17. The van der Waals surface area contributed by atoms with Crippen molar-refractivity contribution in [2.45, 2.75) is 25.9 Å². The minimum Gasteiger partial charge on any atom is -0.348 e. The normalized spacial score (nSPS) is 17.4. The summed E-state index contributed by atoms with van der Waals surface area (Å²) in [6.45, 7) is 3.49. The number of hydrogen-bond donors (Lipinski definition) is 0. The maximum Gasteiger partial charge on any atom is 0.274 e. The van der Waals surface area contributed by atoms with E-state index in [2.05, 4.69) is 22.5 Å². The van der Waals surface area contributed by atoms with E-state index in [0.29, 0.717) is 17.2 Å². The van der Waals surface area contributed by atoms with E-state index in [1.807, 2.05) is 22.5 Å². The number of carbonyl (C=O) groups is 1. The van der Waals surface area contributed by atoms with Crippen molar-refractivity contribution in [1.82, 2.24) is 18.9 Å². The van der Waals surface area contributed by atoms with Crippen LogP contribution in [-0.4, -0.2) is 31.3 Å². The molecule has 0 unspecified atom stereocenters. The van der Waals surface area contributed by atoms with E-state index in [-0.39, 0.29) is 17.5 Å². The zero-order chi connectivity index (χ0) is 16.0. The second-order valence-corrected chi connectivity index (χ2v) is 6.46. The van der Waals surface area contributed by atoms with Crippen LogP contribution in [0.2, 0.25) is 0 Å². The number of thiazole rings is 1. The van der Waals surface area contributed by atoms with Gasteiger partial charge in [0.1, 0.15) is 5.69 Å². The number of fused-ring (bicyclic) bond motifs is 2. The van der Waals surface area contributed by atoms with Crippen LogP contribution in [0.3, 0.4) is 0 Å². The van der Waals surface area contributed by atoms with Gasteiger partial charge in [-0.05, 0) is 18.6 Å². The molecule has 0 bridgehead atoms. The van der Waals surface area contributed by atoms with Gasteiger partial charge in [0, 0.05) is 42.6 Å². The Kier molecular flexibility index (Phi) is 3.30. The first-order valence-corrected chi connectivity index (χ1v) is 8.50. The third-order valence-corrected chi connectivity index (χ3v) is 5.10. The fraction of sp³-hybridized carbons (Fsp3) is 0.312. The molecule has 3 aromatic heterocycles. The lowest BCUT2D eigenvalue weighted by Crippen LogP contribution is -2.42. The standard InChI is InChI=1S/C16H16N4O2S/c1-2-11-12-4-3-5-18(12)6-7-19(11)15(22)13-10-14(21)17-16-20(13)8-9-23-16/h3-5,8-11H,2,6-7H2,1H3/t11-/m1/s1. The second kappa shape index (κ2) is 5.34. The second-order valence-electron chi connectivity index (χ2n) is 5.58. The van der Waals surface area contributed by atoms with Gasteiger partial charge in [-0.2, -0.15) is 4.98 Å². The molecular weight excluding hydrogens is 312 g/mol. The molecule has 4 rings (SSSR count). The van der Waals surface area contributed by atoms with Crippen molar-refractivity contribution in [1.29, 1.82) is 0 Å². The van der Waals surface area contributed by atoms with Crippen molar-refractivity contribution in [3.63, 3.8) is 0 Å². The maximum absolute atomic E-state index is 13.1. The topological polar surface area (TPSA) is 59.6 Å². The van der Waals surface area contributed by atoms with Crippen molar-refractivity contribution >= 4 is 22.2 Å². The van der Waals surface area contributed by atoms with Crippen LogP contribution in [0.25, 0.3) is 4.96 Å². The Labute approximate surface area is 136 Å². The van der Waals surface area contributed by atoms with Gasteiger partial charge < -0.3 is 9.47 Å². The summed E-state index contributed by atoms with van der Waals surface area (Å²) in [6.07, 6.45) is 4.67. The number of carbonyl (C=O) groups excluding carboxylic acids is 1. The number of nitrogens with zero attached hydrogens (tertiary/aromatic N) is 4. The Morgan fingerprint density at radius 3 is 3.09 bits per heavy atom. The molecule has 0 saturated carbocycles. The van der Waals surface area contributed by atoms with Crippen LogP contribution in [0.1, 0.15) is 35.6 Å². The molecule has 23 heavy (non-hydrogen) atoms. The predicted molar refractivity (Wildman–Crippen MR) is 87.8 cm³/mol. The maximum atomic E-state index is 13.1. The zero-order valence-corrected chi connectivity index (χ0v) is 13.5. The molecular formula is C16H16N4O2S. The Balaban J connectivity index is 1.79. The Morgan fingerprint density at radius 1 is 1.39 bits per heavy atom. The van der Waals surface area contributed by atoms with E-state index >= 15 is 0 Å². The molecule has 1 aliphatic heterocycles. The highest BCUT2D eigenvalue weighted by Gasteiger charge is 2.31. The molecule has 1 aliphatic rings. The van der Waals surface area contributed by atoms with E-state index in [4.69, 9.17) is 0 Å². The summed E-state index contributed by atoms with van der Waals surface area (Å²) in [5, 5.41) is 1.83. The van der Waals surface area contributed by atoms with Gasteiger partial charge in [-0.1, -0.05) is 6.92 Å². The summed E-state index contributed by atoms with van der Waals surface area (Å²) >= 11 is 1.35. The highest BCUT2D eigenvalue weighted by atomic mass is 32.1. The summed E-state index contributed by atoms with van der Waals surface area (Å²) in [4.78, 5) is 31.3.